The summed E-state index contributed by atoms with van der Waals surface area (Å²) in [7, 11) is 2.76. The van der Waals surface area contributed by atoms with Crippen LogP contribution in [0.1, 0.15) is 6.42 Å². The molecule has 1 atom stereocenters. The van der Waals surface area contributed by atoms with Crippen molar-refractivity contribution in [1.29, 1.82) is 0 Å². The van der Waals surface area contributed by atoms with E-state index in [2.05, 4.69) is 0 Å². The molecule has 0 saturated heterocycles. The fourth-order valence-corrected chi connectivity index (χ4v) is 1.12. The molecular formula is C8H16F3N3O2. The first-order valence-corrected chi connectivity index (χ1v) is 4.58. The molecule has 0 aliphatic rings. The molecule has 96 valence electrons. The van der Waals surface area contributed by atoms with E-state index in [1.165, 1.54) is 19.1 Å². The van der Waals surface area contributed by atoms with Gasteiger partial charge in [-0.25, -0.2) is 5.84 Å². The number of carbonyl (C=O) groups excluding carboxylic acids is 1. The summed E-state index contributed by atoms with van der Waals surface area (Å²) < 4.78 is 40.6. The molecule has 0 heterocycles. The third-order valence-electron chi connectivity index (χ3n) is 2.05. The molecular weight excluding hydrogens is 227 g/mol. The molecule has 5 nitrogen and oxygen atoms in total. The second kappa shape index (κ2) is 6.66. The van der Waals surface area contributed by atoms with Crippen LogP contribution in [0.2, 0.25) is 0 Å². The van der Waals surface area contributed by atoms with E-state index < -0.39 is 24.5 Å². The Bertz CT molecular complexity index is 223. The first-order chi connectivity index (χ1) is 7.31. The minimum absolute atomic E-state index is 0.0165. The quantitative estimate of drug-likeness (QED) is 0.387. The summed E-state index contributed by atoms with van der Waals surface area (Å²) in [5, 5.41) is 0. The van der Waals surface area contributed by atoms with Gasteiger partial charge >= 0.3 is 6.18 Å². The molecule has 0 spiro atoms. The topological polar surface area (TPSA) is 67.6 Å². The number of nitrogens with two attached hydrogens (primary N) is 1. The summed E-state index contributed by atoms with van der Waals surface area (Å²) in [6.45, 7) is -0.303. The van der Waals surface area contributed by atoms with Crippen LogP contribution in [-0.2, 0) is 9.53 Å². The van der Waals surface area contributed by atoms with E-state index in [1.807, 2.05) is 5.43 Å². The number of carbonyl (C=O) groups is 1. The zero-order valence-corrected chi connectivity index (χ0v) is 9.17. The van der Waals surface area contributed by atoms with Crippen LogP contribution in [-0.4, -0.2) is 50.3 Å². The van der Waals surface area contributed by atoms with Crippen molar-refractivity contribution in [1.82, 2.24) is 10.3 Å². The van der Waals surface area contributed by atoms with Gasteiger partial charge in [0.05, 0.1) is 13.0 Å². The summed E-state index contributed by atoms with van der Waals surface area (Å²) in [4.78, 5) is 12.5. The average Bonchev–Trinajstić information content (AvgIpc) is 2.20. The van der Waals surface area contributed by atoms with E-state index in [4.69, 9.17) is 10.6 Å². The molecule has 0 aromatic carbocycles. The lowest BCUT2D eigenvalue weighted by Crippen LogP contribution is -2.50. The molecule has 0 aromatic heterocycles. The number of ether oxygens (including phenoxy) is 1. The Balaban J connectivity index is 4.27. The van der Waals surface area contributed by atoms with Gasteiger partial charge in [-0.05, 0) is 7.05 Å². The summed E-state index contributed by atoms with van der Waals surface area (Å²) in [6.07, 6.45) is -5.23. The maximum atomic E-state index is 12.0. The monoisotopic (exact) mass is 243 g/mol. The van der Waals surface area contributed by atoms with Crippen molar-refractivity contribution in [2.75, 3.05) is 27.3 Å². The predicted molar refractivity (Wildman–Crippen MR) is 51.3 cm³/mol. The third kappa shape index (κ3) is 5.89. The van der Waals surface area contributed by atoms with Gasteiger partial charge in [-0.1, -0.05) is 0 Å². The number of hydrazine groups is 1. The van der Waals surface area contributed by atoms with Crippen LogP contribution in [0.15, 0.2) is 0 Å². The van der Waals surface area contributed by atoms with E-state index in [9.17, 15) is 18.0 Å². The van der Waals surface area contributed by atoms with Gasteiger partial charge < -0.3 is 4.74 Å². The minimum Gasteiger partial charge on any atom is -0.383 e. The van der Waals surface area contributed by atoms with Gasteiger partial charge in [0.2, 0.25) is 0 Å². The smallest absolute Gasteiger partial charge is 0.383 e. The number of alkyl halides is 3. The number of nitrogens with zero attached hydrogens (tertiary/aromatic N) is 1. The van der Waals surface area contributed by atoms with Crippen LogP contribution < -0.4 is 11.3 Å². The summed E-state index contributed by atoms with van der Waals surface area (Å²) in [5.41, 5.74) is 1.89. The zero-order valence-electron chi connectivity index (χ0n) is 9.17. The Morgan fingerprint density at radius 3 is 2.50 bits per heavy atom. The molecule has 0 fully saturated rings. The van der Waals surface area contributed by atoms with Crippen LogP contribution in [0, 0.1) is 0 Å². The number of hydrogen-bond donors (Lipinski definition) is 2. The van der Waals surface area contributed by atoms with Gasteiger partial charge in [-0.2, -0.15) is 13.2 Å². The molecule has 3 N–H and O–H groups in total. The van der Waals surface area contributed by atoms with Gasteiger partial charge in [0.25, 0.3) is 5.91 Å². The normalized spacial score (nSPS) is 13.9. The lowest BCUT2D eigenvalue weighted by Gasteiger charge is -2.26. The Kier molecular flexibility index (Phi) is 6.31. The highest BCUT2D eigenvalue weighted by Crippen LogP contribution is 2.19. The van der Waals surface area contributed by atoms with Crippen LogP contribution >= 0.6 is 0 Å². The maximum Gasteiger partial charge on any atom is 0.390 e. The molecule has 0 aromatic rings. The summed E-state index contributed by atoms with van der Waals surface area (Å²) in [6, 6.07) is -0.822. The lowest BCUT2D eigenvalue weighted by molar-refractivity contribution is -0.142. The number of halogens is 3. The lowest BCUT2D eigenvalue weighted by atomic mass is 10.2. The Morgan fingerprint density at radius 2 is 2.12 bits per heavy atom. The van der Waals surface area contributed by atoms with Crippen molar-refractivity contribution in [3.8, 4) is 0 Å². The molecule has 0 radical (unpaired) electrons. The van der Waals surface area contributed by atoms with Crippen molar-refractivity contribution >= 4 is 5.91 Å². The van der Waals surface area contributed by atoms with Crippen molar-refractivity contribution in [3.63, 3.8) is 0 Å². The fraction of sp³-hybridized carbons (Fsp3) is 0.875. The first-order valence-electron chi connectivity index (χ1n) is 4.58. The second-order valence-electron chi connectivity index (χ2n) is 3.33. The van der Waals surface area contributed by atoms with Crippen LogP contribution in [0.5, 0.6) is 0 Å². The Labute approximate surface area is 91.7 Å². The van der Waals surface area contributed by atoms with Gasteiger partial charge in [-0.15, -0.1) is 0 Å². The van der Waals surface area contributed by atoms with Crippen LogP contribution in [0.4, 0.5) is 13.2 Å². The zero-order chi connectivity index (χ0) is 12.8. The van der Waals surface area contributed by atoms with E-state index in [0.717, 1.165) is 0 Å². The Morgan fingerprint density at radius 1 is 1.56 bits per heavy atom. The van der Waals surface area contributed by atoms with Gasteiger partial charge in [0.1, 0.15) is 6.04 Å². The van der Waals surface area contributed by atoms with E-state index in [0.29, 0.717) is 0 Å². The number of rotatable bonds is 6. The van der Waals surface area contributed by atoms with E-state index in [1.54, 1.807) is 0 Å². The van der Waals surface area contributed by atoms with Gasteiger partial charge in [0.15, 0.2) is 0 Å². The van der Waals surface area contributed by atoms with Gasteiger partial charge in [0, 0.05) is 13.7 Å². The number of likely N-dealkylation sites (N-methyl/N-ethyl adjacent to an activating group) is 1. The maximum absolute atomic E-state index is 12.0. The SMILES string of the molecule is COCC(C(=O)NN)N(C)CCC(F)(F)F. The molecule has 0 saturated carbocycles. The molecule has 16 heavy (non-hydrogen) atoms. The van der Waals surface area contributed by atoms with E-state index in [-0.39, 0.29) is 13.2 Å². The number of hydrogen-bond acceptors (Lipinski definition) is 4. The van der Waals surface area contributed by atoms with Crippen molar-refractivity contribution in [3.05, 3.63) is 0 Å². The largest absolute Gasteiger partial charge is 0.390 e. The molecule has 0 aliphatic carbocycles. The minimum atomic E-state index is -4.24. The Hall–Kier alpha value is -0.860. The van der Waals surface area contributed by atoms with E-state index >= 15 is 0 Å². The van der Waals surface area contributed by atoms with Crippen LogP contribution in [0.3, 0.4) is 0 Å². The predicted octanol–water partition coefficient (Wildman–Crippen LogP) is -0.125. The molecule has 0 bridgehead atoms. The van der Waals surface area contributed by atoms with Crippen molar-refractivity contribution in [2.24, 2.45) is 5.84 Å². The fourth-order valence-electron chi connectivity index (χ4n) is 1.12. The molecule has 0 rings (SSSR count). The third-order valence-corrected chi connectivity index (χ3v) is 2.05. The number of nitrogens with one attached hydrogen (secondary N) is 1. The number of methoxy groups -OCH3 is 1. The highest BCUT2D eigenvalue weighted by atomic mass is 19.4. The molecule has 8 heteroatoms. The average molecular weight is 243 g/mol. The first kappa shape index (κ1) is 15.1. The summed E-state index contributed by atoms with van der Waals surface area (Å²) >= 11 is 0. The highest BCUT2D eigenvalue weighted by molar-refractivity contribution is 5.81. The molecule has 1 unspecified atom stereocenters. The van der Waals surface area contributed by atoms with Crippen LogP contribution in [0.25, 0.3) is 0 Å². The summed E-state index contributed by atoms with van der Waals surface area (Å²) in [5.74, 6) is 4.34. The van der Waals surface area contributed by atoms with Gasteiger partial charge in [-0.3, -0.25) is 15.1 Å². The molecule has 0 aliphatic heterocycles. The van der Waals surface area contributed by atoms with Crippen molar-refractivity contribution in [2.45, 2.75) is 18.6 Å². The highest BCUT2D eigenvalue weighted by Gasteiger charge is 2.30. The van der Waals surface area contributed by atoms with Crippen molar-refractivity contribution < 1.29 is 22.7 Å². The standard InChI is InChI=1S/C8H16F3N3O2/c1-14(4-3-8(9,10)11)6(5-16-2)7(15)13-12/h6H,3-5,12H2,1-2H3,(H,13,15). The second-order valence-corrected chi connectivity index (χ2v) is 3.33. The molecule has 1 amide bonds. The number of amides is 1.